The van der Waals surface area contributed by atoms with E-state index in [2.05, 4.69) is 4.98 Å². The van der Waals surface area contributed by atoms with E-state index in [0.717, 1.165) is 11.3 Å². The van der Waals surface area contributed by atoms with E-state index < -0.39 is 0 Å². The number of hydrogen-bond acceptors (Lipinski definition) is 6. The van der Waals surface area contributed by atoms with Crippen LogP contribution in [-0.4, -0.2) is 17.7 Å². The molecule has 0 unspecified atom stereocenters. The number of nitrogen functional groups attached to an aromatic ring is 2. The average molecular weight is 282 g/mol. The molecular weight excluding hydrogens is 268 g/mol. The monoisotopic (exact) mass is 282 g/mol. The lowest BCUT2D eigenvalue weighted by Crippen LogP contribution is -2.22. The molecule has 1 atom stereocenters. The Bertz CT molecular complexity index is 710. The zero-order chi connectivity index (χ0) is 14.8. The third-order valence-electron chi connectivity index (χ3n) is 3.33. The van der Waals surface area contributed by atoms with Gasteiger partial charge in [0, 0.05) is 12.0 Å². The summed E-state index contributed by atoms with van der Waals surface area (Å²) in [5.74, 6) is 1.26. The maximum Gasteiger partial charge on any atom is 0.221 e. The van der Waals surface area contributed by atoms with Gasteiger partial charge in [0.2, 0.25) is 5.88 Å². The number of ether oxygens (including phenoxy) is 2. The van der Waals surface area contributed by atoms with Crippen molar-refractivity contribution in [2.24, 2.45) is 0 Å². The summed E-state index contributed by atoms with van der Waals surface area (Å²) in [7, 11) is 0. The molecule has 0 spiro atoms. The SMILES string of the molecule is N#Cc1c(N)nc2c(c1N)C[C@H](COc1ccccc1)O2. The number of benzene rings is 1. The van der Waals surface area contributed by atoms with Crippen LogP contribution in [0.5, 0.6) is 11.6 Å². The molecule has 106 valence electrons. The van der Waals surface area contributed by atoms with Crippen LogP contribution in [0.4, 0.5) is 11.5 Å². The Balaban J connectivity index is 1.73. The van der Waals surface area contributed by atoms with Gasteiger partial charge in [0.25, 0.3) is 0 Å². The van der Waals surface area contributed by atoms with Crippen LogP contribution in [0.2, 0.25) is 0 Å². The van der Waals surface area contributed by atoms with Gasteiger partial charge in [0.15, 0.2) is 0 Å². The van der Waals surface area contributed by atoms with Crippen molar-refractivity contribution in [3.63, 3.8) is 0 Å². The van der Waals surface area contributed by atoms with Crippen molar-refractivity contribution in [2.45, 2.75) is 12.5 Å². The Morgan fingerprint density at radius 1 is 1.33 bits per heavy atom. The normalized spacial score (nSPS) is 15.9. The molecule has 1 aromatic heterocycles. The van der Waals surface area contributed by atoms with Gasteiger partial charge in [-0.05, 0) is 12.1 Å². The van der Waals surface area contributed by atoms with E-state index in [1.807, 2.05) is 36.4 Å². The van der Waals surface area contributed by atoms with E-state index in [1.54, 1.807) is 0 Å². The van der Waals surface area contributed by atoms with Crippen LogP contribution in [0.1, 0.15) is 11.1 Å². The van der Waals surface area contributed by atoms with Crippen molar-refractivity contribution in [3.8, 4) is 17.7 Å². The molecular formula is C15H14N4O2. The minimum atomic E-state index is -0.191. The largest absolute Gasteiger partial charge is 0.490 e. The Kier molecular flexibility index (Phi) is 3.24. The summed E-state index contributed by atoms with van der Waals surface area (Å²) in [6, 6.07) is 11.4. The first-order valence-electron chi connectivity index (χ1n) is 6.51. The fraction of sp³-hybridized carbons (Fsp3) is 0.200. The van der Waals surface area contributed by atoms with Crippen LogP contribution >= 0.6 is 0 Å². The van der Waals surface area contributed by atoms with Gasteiger partial charge in [-0.25, -0.2) is 0 Å². The van der Waals surface area contributed by atoms with Crippen LogP contribution in [0.3, 0.4) is 0 Å². The quantitative estimate of drug-likeness (QED) is 0.883. The molecule has 4 N–H and O–H groups in total. The molecule has 0 radical (unpaired) electrons. The van der Waals surface area contributed by atoms with Crippen molar-refractivity contribution >= 4 is 11.5 Å². The van der Waals surface area contributed by atoms with E-state index in [0.29, 0.717) is 24.6 Å². The lowest BCUT2D eigenvalue weighted by Gasteiger charge is -2.11. The summed E-state index contributed by atoms with van der Waals surface area (Å²) in [6.45, 7) is 0.377. The summed E-state index contributed by atoms with van der Waals surface area (Å²) < 4.78 is 11.3. The lowest BCUT2D eigenvalue weighted by molar-refractivity contribution is 0.145. The molecule has 6 nitrogen and oxygen atoms in total. The number of hydrogen-bond donors (Lipinski definition) is 2. The summed E-state index contributed by atoms with van der Waals surface area (Å²) >= 11 is 0. The molecule has 0 fully saturated rings. The van der Waals surface area contributed by atoms with Gasteiger partial charge in [-0.15, -0.1) is 0 Å². The second kappa shape index (κ2) is 5.21. The van der Waals surface area contributed by atoms with Crippen LogP contribution in [0, 0.1) is 11.3 Å². The van der Waals surface area contributed by atoms with Crippen LogP contribution in [0.15, 0.2) is 30.3 Å². The molecule has 1 aliphatic heterocycles. The molecule has 0 saturated carbocycles. The van der Waals surface area contributed by atoms with Crippen LogP contribution in [0.25, 0.3) is 0 Å². The van der Waals surface area contributed by atoms with Crippen LogP contribution < -0.4 is 20.9 Å². The van der Waals surface area contributed by atoms with E-state index in [1.165, 1.54) is 0 Å². The first-order chi connectivity index (χ1) is 10.2. The van der Waals surface area contributed by atoms with Crippen molar-refractivity contribution in [2.75, 3.05) is 18.1 Å². The van der Waals surface area contributed by atoms with E-state index in [-0.39, 0.29) is 17.5 Å². The number of para-hydroxylation sites is 1. The fourth-order valence-electron chi connectivity index (χ4n) is 2.28. The third-order valence-corrected chi connectivity index (χ3v) is 3.33. The van der Waals surface area contributed by atoms with Gasteiger partial charge < -0.3 is 20.9 Å². The smallest absolute Gasteiger partial charge is 0.221 e. The van der Waals surface area contributed by atoms with Crippen LogP contribution in [-0.2, 0) is 6.42 Å². The fourth-order valence-corrected chi connectivity index (χ4v) is 2.28. The first kappa shape index (κ1) is 13.1. The topological polar surface area (TPSA) is 107 Å². The molecule has 3 rings (SSSR count). The number of anilines is 2. The standard InChI is InChI=1S/C15H14N4O2/c16-7-12-13(17)11-6-10(21-15(11)19-14(12)18)8-20-9-4-2-1-3-5-9/h1-5,10H,6,8H2,(H4,17,18,19)/t10-/m1/s1. The average Bonchev–Trinajstić information content (AvgIpc) is 2.90. The highest BCUT2D eigenvalue weighted by Crippen LogP contribution is 2.35. The second-order valence-corrected chi connectivity index (χ2v) is 4.75. The van der Waals surface area contributed by atoms with Gasteiger partial charge in [-0.1, -0.05) is 18.2 Å². The summed E-state index contributed by atoms with van der Waals surface area (Å²) in [5.41, 5.74) is 12.9. The van der Waals surface area contributed by atoms with Crippen molar-refractivity contribution < 1.29 is 9.47 Å². The zero-order valence-corrected chi connectivity index (χ0v) is 11.2. The number of nitriles is 1. The van der Waals surface area contributed by atoms with Gasteiger partial charge in [-0.3, -0.25) is 0 Å². The van der Waals surface area contributed by atoms with Gasteiger partial charge in [-0.2, -0.15) is 10.2 Å². The maximum atomic E-state index is 9.03. The van der Waals surface area contributed by atoms with E-state index >= 15 is 0 Å². The van der Waals surface area contributed by atoms with Gasteiger partial charge in [0.1, 0.15) is 35.9 Å². The summed E-state index contributed by atoms with van der Waals surface area (Å²) in [4.78, 5) is 4.09. The summed E-state index contributed by atoms with van der Waals surface area (Å²) in [5, 5.41) is 9.03. The minimum absolute atomic E-state index is 0.0957. The highest BCUT2D eigenvalue weighted by atomic mass is 16.5. The van der Waals surface area contributed by atoms with Crippen molar-refractivity contribution in [1.29, 1.82) is 5.26 Å². The molecule has 2 heterocycles. The maximum absolute atomic E-state index is 9.03. The second-order valence-electron chi connectivity index (χ2n) is 4.75. The van der Waals surface area contributed by atoms with Gasteiger partial charge >= 0.3 is 0 Å². The Morgan fingerprint density at radius 2 is 2.10 bits per heavy atom. The Hall–Kier alpha value is -2.94. The van der Waals surface area contributed by atoms with Crippen molar-refractivity contribution in [3.05, 3.63) is 41.5 Å². The Morgan fingerprint density at radius 3 is 2.81 bits per heavy atom. The predicted molar refractivity (Wildman–Crippen MR) is 77.8 cm³/mol. The van der Waals surface area contributed by atoms with Gasteiger partial charge in [0.05, 0.1) is 5.69 Å². The highest BCUT2D eigenvalue weighted by Gasteiger charge is 2.29. The molecule has 21 heavy (non-hydrogen) atoms. The predicted octanol–water partition coefficient (Wildman–Crippen LogP) is 1.50. The Labute approximate surface area is 121 Å². The van der Waals surface area contributed by atoms with E-state index in [4.69, 9.17) is 26.2 Å². The van der Waals surface area contributed by atoms with E-state index in [9.17, 15) is 0 Å². The third kappa shape index (κ3) is 2.41. The molecule has 0 saturated heterocycles. The molecule has 0 aliphatic carbocycles. The zero-order valence-electron chi connectivity index (χ0n) is 11.2. The minimum Gasteiger partial charge on any atom is -0.490 e. The number of fused-ring (bicyclic) bond motifs is 1. The number of nitrogens with two attached hydrogens (primary N) is 2. The molecule has 6 heteroatoms. The highest BCUT2D eigenvalue weighted by molar-refractivity contribution is 5.71. The molecule has 1 aromatic carbocycles. The first-order valence-corrected chi connectivity index (χ1v) is 6.51. The molecule has 1 aliphatic rings. The van der Waals surface area contributed by atoms with Crippen molar-refractivity contribution in [1.82, 2.24) is 4.98 Å². The lowest BCUT2D eigenvalue weighted by atomic mass is 10.1. The molecule has 0 bridgehead atoms. The number of aromatic nitrogens is 1. The number of pyridine rings is 1. The number of rotatable bonds is 3. The summed E-state index contributed by atoms with van der Waals surface area (Å²) in [6.07, 6.45) is 0.360. The number of nitrogens with zero attached hydrogens (tertiary/aromatic N) is 2. The molecule has 0 amide bonds. The molecule has 2 aromatic rings.